The van der Waals surface area contributed by atoms with Crippen molar-refractivity contribution in [2.24, 2.45) is 0 Å². The summed E-state index contributed by atoms with van der Waals surface area (Å²) in [4.78, 5) is 41.0. The maximum absolute atomic E-state index is 12.8. The van der Waals surface area contributed by atoms with Crippen LogP contribution in [0.1, 0.15) is 26.5 Å². The molecule has 2 N–H and O–H groups in total. The fourth-order valence-electron chi connectivity index (χ4n) is 3.64. The lowest BCUT2D eigenvalue weighted by molar-refractivity contribution is -0.122. The summed E-state index contributed by atoms with van der Waals surface area (Å²) >= 11 is 0. The van der Waals surface area contributed by atoms with E-state index in [1.54, 1.807) is 41.3 Å². The zero-order chi connectivity index (χ0) is 23.0. The molecule has 0 unspecified atom stereocenters. The summed E-state index contributed by atoms with van der Waals surface area (Å²) in [7, 11) is 0. The number of anilines is 1. The molecule has 0 aliphatic carbocycles. The minimum absolute atomic E-state index is 0.0224. The minimum atomic E-state index is -0.344. The number of hydrogen-bond donors (Lipinski definition) is 2. The molecule has 3 aromatic rings. The van der Waals surface area contributed by atoms with Gasteiger partial charge in [0, 0.05) is 44.0 Å². The Hall–Kier alpha value is -3.91. The summed E-state index contributed by atoms with van der Waals surface area (Å²) in [5, 5.41) is 5.67. The molecule has 1 saturated heterocycles. The Balaban J connectivity index is 1.22. The predicted molar refractivity (Wildman–Crippen MR) is 124 cm³/mol. The Morgan fingerprint density at radius 2 is 1.58 bits per heavy atom. The molecule has 2 heterocycles. The van der Waals surface area contributed by atoms with Crippen LogP contribution in [0.2, 0.25) is 0 Å². The van der Waals surface area contributed by atoms with E-state index < -0.39 is 0 Å². The van der Waals surface area contributed by atoms with Crippen LogP contribution in [0.4, 0.5) is 5.69 Å². The second-order valence-corrected chi connectivity index (χ2v) is 7.84. The van der Waals surface area contributed by atoms with Gasteiger partial charge in [-0.25, -0.2) is 0 Å². The molecule has 0 bridgehead atoms. The van der Waals surface area contributed by atoms with Crippen LogP contribution in [0.3, 0.4) is 0 Å². The van der Waals surface area contributed by atoms with Crippen molar-refractivity contribution in [3.05, 3.63) is 89.9 Å². The van der Waals surface area contributed by atoms with Crippen LogP contribution < -0.4 is 10.6 Å². The summed E-state index contributed by atoms with van der Waals surface area (Å²) in [6.45, 7) is 3.22. The quantitative estimate of drug-likeness (QED) is 0.582. The molecule has 0 saturated carbocycles. The number of carbonyl (C=O) groups excluding carboxylic acids is 3. The number of nitrogens with one attached hydrogen (secondary N) is 2. The van der Waals surface area contributed by atoms with Crippen LogP contribution in [0.5, 0.6) is 0 Å². The standard InChI is InChI=1S/C25H26N4O4/c30-23(26-17-19-5-2-1-3-6-19)18-28-12-14-29(15-13-28)25(32)20-8-10-21(11-9-20)27-24(31)22-7-4-16-33-22/h1-11,16H,12-15,17-18H2,(H,26,30)(H,27,31). The third-order valence-corrected chi connectivity index (χ3v) is 5.49. The van der Waals surface area contributed by atoms with E-state index in [0.29, 0.717) is 50.5 Å². The van der Waals surface area contributed by atoms with Gasteiger partial charge in [0.25, 0.3) is 11.8 Å². The molecule has 33 heavy (non-hydrogen) atoms. The summed E-state index contributed by atoms with van der Waals surface area (Å²) in [6, 6.07) is 19.8. The normalized spacial score (nSPS) is 14.0. The molecule has 8 heteroatoms. The second kappa shape index (κ2) is 10.6. The van der Waals surface area contributed by atoms with E-state index >= 15 is 0 Å². The molecule has 0 radical (unpaired) electrons. The highest BCUT2D eigenvalue weighted by molar-refractivity contribution is 6.02. The fraction of sp³-hybridized carbons (Fsp3) is 0.240. The van der Waals surface area contributed by atoms with Gasteiger partial charge in [-0.1, -0.05) is 30.3 Å². The Morgan fingerprint density at radius 3 is 2.24 bits per heavy atom. The number of rotatable bonds is 7. The van der Waals surface area contributed by atoms with Gasteiger partial charge in [-0.05, 0) is 42.0 Å². The molecule has 2 aromatic carbocycles. The average Bonchev–Trinajstić information content (AvgIpc) is 3.39. The van der Waals surface area contributed by atoms with E-state index in [2.05, 4.69) is 15.5 Å². The monoisotopic (exact) mass is 446 g/mol. The lowest BCUT2D eigenvalue weighted by Crippen LogP contribution is -2.51. The third kappa shape index (κ3) is 6.08. The maximum Gasteiger partial charge on any atom is 0.291 e. The van der Waals surface area contributed by atoms with Crippen molar-refractivity contribution in [3.8, 4) is 0 Å². The highest BCUT2D eigenvalue weighted by atomic mass is 16.3. The van der Waals surface area contributed by atoms with Crippen LogP contribution in [-0.2, 0) is 11.3 Å². The molecule has 170 valence electrons. The van der Waals surface area contributed by atoms with Crippen molar-refractivity contribution in [2.45, 2.75) is 6.54 Å². The lowest BCUT2D eigenvalue weighted by Gasteiger charge is -2.34. The number of benzene rings is 2. The molecular weight excluding hydrogens is 420 g/mol. The first-order valence-corrected chi connectivity index (χ1v) is 10.9. The van der Waals surface area contributed by atoms with Gasteiger partial charge in [-0.15, -0.1) is 0 Å². The maximum atomic E-state index is 12.8. The summed E-state index contributed by atoms with van der Waals surface area (Å²) in [6.07, 6.45) is 1.44. The highest BCUT2D eigenvalue weighted by Crippen LogP contribution is 2.14. The number of nitrogens with zero attached hydrogens (tertiary/aromatic N) is 2. The van der Waals surface area contributed by atoms with Gasteiger partial charge in [0.1, 0.15) is 0 Å². The lowest BCUT2D eigenvalue weighted by atomic mass is 10.1. The van der Waals surface area contributed by atoms with Crippen molar-refractivity contribution in [2.75, 3.05) is 38.0 Å². The highest BCUT2D eigenvalue weighted by Gasteiger charge is 2.23. The van der Waals surface area contributed by atoms with E-state index in [0.717, 1.165) is 5.56 Å². The van der Waals surface area contributed by atoms with Crippen molar-refractivity contribution in [3.63, 3.8) is 0 Å². The van der Waals surface area contributed by atoms with Gasteiger partial charge in [0.2, 0.25) is 5.91 Å². The number of hydrogen-bond acceptors (Lipinski definition) is 5. The number of piperazine rings is 1. The predicted octanol–water partition coefficient (Wildman–Crippen LogP) is 2.61. The molecule has 1 aromatic heterocycles. The topological polar surface area (TPSA) is 94.9 Å². The van der Waals surface area contributed by atoms with Gasteiger partial charge in [0.15, 0.2) is 5.76 Å². The van der Waals surface area contributed by atoms with Gasteiger partial charge in [-0.3, -0.25) is 19.3 Å². The molecule has 3 amide bonds. The zero-order valence-corrected chi connectivity index (χ0v) is 18.2. The molecule has 1 fully saturated rings. The Bertz CT molecular complexity index is 1070. The molecule has 1 aliphatic heterocycles. The summed E-state index contributed by atoms with van der Waals surface area (Å²) in [5.74, 6) is -0.206. The van der Waals surface area contributed by atoms with Gasteiger partial charge < -0.3 is 20.0 Å². The Morgan fingerprint density at radius 1 is 0.848 bits per heavy atom. The molecule has 0 spiro atoms. The van der Waals surface area contributed by atoms with E-state index in [1.165, 1.54) is 6.26 Å². The second-order valence-electron chi connectivity index (χ2n) is 7.84. The first-order valence-electron chi connectivity index (χ1n) is 10.9. The van der Waals surface area contributed by atoms with Crippen LogP contribution in [0.25, 0.3) is 0 Å². The molecule has 4 rings (SSSR count). The zero-order valence-electron chi connectivity index (χ0n) is 18.2. The van der Waals surface area contributed by atoms with E-state index in [9.17, 15) is 14.4 Å². The SMILES string of the molecule is O=C(CN1CCN(C(=O)c2ccc(NC(=O)c3ccco3)cc2)CC1)NCc1ccccc1. The molecule has 8 nitrogen and oxygen atoms in total. The van der Waals surface area contributed by atoms with Gasteiger partial charge in [0.05, 0.1) is 12.8 Å². The van der Waals surface area contributed by atoms with Crippen LogP contribution in [0.15, 0.2) is 77.4 Å². The minimum Gasteiger partial charge on any atom is -0.459 e. The molecule has 0 atom stereocenters. The summed E-state index contributed by atoms with van der Waals surface area (Å²) < 4.78 is 5.07. The molecule has 1 aliphatic rings. The first kappa shape index (κ1) is 22.3. The average molecular weight is 447 g/mol. The largest absolute Gasteiger partial charge is 0.459 e. The third-order valence-electron chi connectivity index (χ3n) is 5.49. The van der Waals surface area contributed by atoms with Crippen LogP contribution >= 0.6 is 0 Å². The Labute approximate surface area is 192 Å². The first-order chi connectivity index (χ1) is 16.1. The number of carbonyl (C=O) groups is 3. The molecular formula is C25H26N4O4. The Kier molecular flexibility index (Phi) is 7.16. The smallest absolute Gasteiger partial charge is 0.291 e. The van der Waals surface area contributed by atoms with Crippen LogP contribution in [0, 0.1) is 0 Å². The van der Waals surface area contributed by atoms with Gasteiger partial charge in [-0.2, -0.15) is 0 Å². The van der Waals surface area contributed by atoms with Crippen molar-refractivity contribution >= 4 is 23.4 Å². The van der Waals surface area contributed by atoms with Crippen molar-refractivity contribution in [1.29, 1.82) is 0 Å². The number of amides is 3. The van der Waals surface area contributed by atoms with Crippen molar-refractivity contribution in [1.82, 2.24) is 15.1 Å². The summed E-state index contributed by atoms with van der Waals surface area (Å²) in [5.41, 5.74) is 2.20. The van der Waals surface area contributed by atoms with Crippen LogP contribution in [-0.4, -0.2) is 60.2 Å². The van der Waals surface area contributed by atoms with E-state index in [4.69, 9.17) is 4.42 Å². The van der Waals surface area contributed by atoms with E-state index in [1.807, 2.05) is 30.3 Å². The number of furan rings is 1. The van der Waals surface area contributed by atoms with Crippen molar-refractivity contribution < 1.29 is 18.8 Å². The van der Waals surface area contributed by atoms with E-state index in [-0.39, 0.29) is 23.5 Å². The fourth-order valence-corrected chi connectivity index (χ4v) is 3.64. The van der Waals surface area contributed by atoms with Gasteiger partial charge >= 0.3 is 0 Å².